The summed E-state index contributed by atoms with van der Waals surface area (Å²) in [7, 11) is 0. The molecule has 0 rings (SSSR count). The predicted octanol–water partition coefficient (Wildman–Crippen LogP) is 10.5. The lowest BCUT2D eigenvalue weighted by molar-refractivity contribution is -0.887. The Morgan fingerprint density at radius 3 is 0.978 bits per heavy atom. The maximum absolute atomic E-state index is 12.0. The molecule has 0 saturated carbocycles. The van der Waals surface area contributed by atoms with Crippen LogP contribution in [0.5, 0.6) is 0 Å². The van der Waals surface area contributed by atoms with Gasteiger partial charge in [0.05, 0.1) is 25.8 Å². The van der Waals surface area contributed by atoms with Crippen LogP contribution in [-0.4, -0.2) is 57.3 Å². The summed E-state index contributed by atoms with van der Waals surface area (Å²) in [5.74, 6) is -4.75. The lowest BCUT2D eigenvalue weighted by atomic mass is 9.96. The van der Waals surface area contributed by atoms with E-state index in [4.69, 9.17) is 0 Å². The van der Waals surface area contributed by atoms with Gasteiger partial charge in [-0.15, -0.1) is 0 Å². The van der Waals surface area contributed by atoms with Crippen LogP contribution in [0.15, 0.2) is 12.3 Å². The van der Waals surface area contributed by atoms with Crippen molar-refractivity contribution in [3.8, 4) is 0 Å². The fraction of sp³-hybridized carbons (Fsp3) is 0.868. The van der Waals surface area contributed by atoms with Crippen molar-refractivity contribution >= 4 is 17.9 Å². The van der Waals surface area contributed by atoms with Crippen LogP contribution in [0.3, 0.4) is 0 Å². The van der Waals surface area contributed by atoms with Crippen LogP contribution in [0.4, 0.5) is 0 Å². The number of rotatable bonds is 33. The molecule has 7 nitrogen and oxygen atoms in total. The summed E-state index contributed by atoms with van der Waals surface area (Å²) >= 11 is 0. The van der Waals surface area contributed by atoms with E-state index in [1.165, 1.54) is 109 Å². The minimum Gasteiger partial charge on any atom is -0.481 e. The maximum atomic E-state index is 12.0. The molecule has 264 valence electrons. The second-order valence-electron chi connectivity index (χ2n) is 13.6. The zero-order valence-electron chi connectivity index (χ0n) is 29.8. The lowest BCUT2D eigenvalue weighted by Crippen LogP contribution is -2.54. The van der Waals surface area contributed by atoms with Gasteiger partial charge in [0.1, 0.15) is 17.8 Å². The van der Waals surface area contributed by atoms with Crippen molar-refractivity contribution in [1.82, 2.24) is 0 Å². The minimum absolute atomic E-state index is 0.0829. The van der Waals surface area contributed by atoms with Gasteiger partial charge in [0.25, 0.3) is 0 Å². The number of allylic oxidation sites excluding steroid dienone is 1. The first-order valence-electron chi connectivity index (χ1n) is 18.9. The molecule has 0 fully saturated rings. The average molecular weight is 639 g/mol. The van der Waals surface area contributed by atoms with E-state index < -0.39 is 35.7 Å². The van der Waals surface area contributed by atoms with Crippen molar-refractivity contribution in [2.45, 2.75) is 175 Å². The molecule has 0 spiro atoms. The lowest BCUT2D eigenvalue weighted by Gasteiger charge is -2.40. The molecule has 0 aromatic rings. The molecule has 0 amide bonds. The Balaban J connectivity index is 4.56. The van der Waals surface area contributed by atoms with Crippen LogP contribution in [0.1, 0.15) is 175 Å². The molecule has 0 heterocycles. The Morgan fingerprint density at radius 2 is 0.733 bits per heavy atom. The van der Waals surface area contributed by atoms with Crippen molar-refractivity contribution in [1.29, 1.82) is 0 Å². The molecule has 0 aliphatic rings. The van der Waals surface area contributed by atoms with E-state index in [-0.39, 0.29) is 24.1 Å². The number of quaternary nitrogens is 1. The molecule has 0 bridgehead atoms. The van der Waals surface area contributed by atoms with Crippen molar-refractivity contribution in [3.63, 3.8) is 0 Å². The van der Waals surface area contributed by atoms with Gasteiger partial charge in [-0.3, -0.25) is 18.9 Å². The zero-order valence-corrected chi connectivity index (χ0v) is 29.8. The molecular formula is C38H72NO6+. The molecule has 0 radical (unpaired) electrons. The third kappa shape index (κ3) is 22.3. The molecule has 0 aliphatic heterocycles. The van der Waals surface area contributed by atoms with Gasteiger partial charge < -0.3 is 15.3 Å². The largest absolute Gasteiger partial charge is 0.481 e. The van der Waals surface area contributed by atoms with Crippen LogP contribution in [0.2, 0.25) is 0 Å². The molecule has 0 aromatic carbocycles. The molecule has 45 heavy (non-hydrogen) atoms. The normalized spacial score (nSPS) is 15.1. The third-order valence-corrected chi connectivity index (χ3v) is 9.67. The highest BCUT2D eigenvalue weighted by Gasteiger charge is 2.39. The average Bonchev–Trinajstić information content (AvgIpc) is 3.01. The minimum atomic E-state index is -0.918. The van der Waals surface area contributed by atoms with Gasteiger partial charge >= 0.3 is 17.9 Å². The van der Waals surface area contributed by atoms with E-state index >= 15 is 0 Å². The molecule has 0 saturated heterocycles. The molecular weight excluding hydrogens is 566 g/mol. The highest BCUT2D eigenvalue weighted by atomic mass is 16.4. The second-order valence-corrected chi connectivity index (χ2v) is 13.6. The van der Waals surface area contributed by atoms with Gasteiger partial charge in [0.15, 0.2) is 0 Å². The number of hydrogen-bond acceptors (Lipinski definition) is 3. The number of aliphatic carboxylic acids is 3. The van der Waals surface area contributed by atoms with Gasteiger partial charge in [-0.25, -0.2) is 0 Å². The summed E-state index contributed by atoms with van der Waals surface area (Å²) in [5, 5.41) is 29.5. The summed E-state index contributed by atoms with van der Waals surface area (Å²) in [6.45, 7) is 8.34. The van der Waals surface area contributed by atoms with E-state index in [2.05, 4.69) is 6.92 Å². The van der Waals surface area contributed by atoms with Crippen LogP contribution < -0.4 is 0 Å². The predicted molar refractivity (Wildman–Crippen MR) is 186 cm³/mol. The van der Waals surface area contributed by atoms with Crippen LogP contribution >= 0.6 is 0 Å². The van der Waals surface area contributed by atoms with Crippen molar-refractivity contribution in [2.75, 3.05) is 19.6 Å². The topological polar surface area (TPSA) is 112 Å². The van der Waals surface area contributed by atoms with E-state index in [0.29, 0.717) is 19.3 Å². The van der Waals surface area contributed by atoms with Gasteiger partial charge in [-0.05, 0) is 38.2 Å². The SMILES string of the molecule is CCCCCCCCCCCCCCCCCCCCC/C=C/[N+](CC(CC)C(=O)O)(CC(CC)C(=O)O)CC(CC)C(=O)O. The fourth-order valence-corrected chi connectivity index (χ4v) is 6.51. The summed E-state index contributed by atoms with van der Waals surface area (Å²) in [6, 6.07) is 0. The number of unbranched alkanes of at least 4 members (excludes halogenated alkanes) is 19. The Labute approximate surface area is 276 Å². The van der Waals surface area contributed by atoms with E-state index in [9.17, 15) is 29.7 Å². The first-order valence-corrected chi connectivity index (χ1v) is 18.9. The molecule has 3 N–H and O–H groups in total. The number of carbonyl (C=O) groups is 3. The standard InChI is InChI=1S/C38H71NO6/c1-5-9-10-11-12-13-14-15-16-17-18-19-20-21-22-23-24-25-26-27-28-29-39(30-33(6-2)36(40)41,31-34(7-3)37(42)43)32-35(8-4)38(44)45/h28-29,33-35H,5-27,30-32H2,1-4H3,(H2-,40,41,42,43,44,45)/p+1/b29-28+. The molecule has 3 unspecified atom stereocenters. The Morgan fingerprint density at radius 1 is 0.467 bits per heavy atom. The first-order chi connectivity index (χ1) is 21.7. The zero-order chi connectivity index (χ0) is 33.8. The second kappa shape index (κ2) is 28.3. The summed E-state index contributed by atoms with van der Waals surface area (Å²) in [4.78, 5) is 36.0. The maximum Gasteiger partial charge on any atom is 0.312 e. The molecule has 3 atom stereocenters. The van der Waals surface area contributed by atoms with E-state index in [1.807, 2.05) is 33.0 Å². The monoisotopic (exact) mass is 639 g/mol. The molecule has 7 heteroatoms. The highest BCUT2D eigenvalue weighted by molar-refractivity contribution is 5.71. The number of carboxylic acids is 3. The molecule has 0 aliphatic carbocycles. The Bertz CT molecular complexity index is 722. The Kier molecular flexibility index (Phi) is 27.2. The van der Waals surface area contributed by atoms with Crippen LogP contribution in [-0.2, 0) is 14.4 Å². The smallest absolute Gasteiger partial charge is 0.312 e. The van der Waals surface area contributed by atoms with Crippen molar-refractivity contribution in [2.24, 2.45) is 17.8 Å². The highest BCUT2D eigenvalue weighted by Crippen LogP contribution is 2.25. The van der Waals surface area contributed by atoms with E-state index in [1.54, 1.807) is 0 Å². The van der Waals surface area contributed by atoms with Gasteiger partial charge in [0.2, 0.25) is 0 Å². The number of hydrogen-bond donors (Lipinski definition) is 3. The van der Waals surface area contributed by atoms with Crippen LogP contribution in [0.25, 0.3) is 0 Å². The first kappa shape index (κ1) is 43.1. The van der Waals surface area contributed by atoms with Gasteiger partial charge in [-0.2, -0.15) is 0 Å². The number of nitrogens with zero attached hydrogens (tertiary/aromatic N) is 1. The van der Waals surface area contributed by atoms with Gasteiger partial charge in [0, 0.05) is 0 Å². The summed E-state index contributed by atoms with van der Waals surface area (Å²) in [5.41, 5.74) is 0. The molecule has 0 aromatic heterocycles. The fourth-order valence-electron chi connectivity index (χ4n) is 6.51. The van der Waals surface area contributed by atoms with Crippen molar-refractivity contribution in [3.05, 3.63) is 12.3 Å². The summed E-state index contributed by atoms with van der Waals surface area (Å²) in [6.07, 6.45) is 31.4. The van der Waals surface area contributed by atoms with Gasteiger partial charge in [-0.1, -0.05) is 143 Å². The quantitative estimate of drug-likeness (QED) is 0.0487. The summed E-state index contributed by atoms with van der Waals surface area (Å²) < 4.78 is 0.0829. The van der Waals surface area contributed by atoms with Crippen LogP contribution in [0, 0.1) is 17.8 Å². The third-order valence-electron chi connectivity index (χ3n) is 9.67. The Hall–Kier alpha value is -1.89. The number of carboxylic acid groups (broad SMARTS) is 3. The van der Waals surface area contributed by atoms with E-state index in [0.717, 1.165) is 19.3 Å². The van der Waals surface area contributed by atoms with Crippen molar-refractivity contribution < 1.29 is 34.2 Å².